The van der Waals surface area contributed by atoms with Gasteiger partial charge in [0.15, 0.2) is 6.61 Å². The molecular formula is C26H31NO4. The van der Waals surface area contributed by atoms with E-state index < -0.39 is 5.97 Å². The summed E-state index contributed by atoms with van der Waals surface area (Å²) in [5, 5.41) is 0. The fourth-order valence-corrected chi connectivity index (χ4v) is 5.56. The molecule has 1 aliphatic carbocycles. The van der Waals surface area contributed by atoms with Gasteiger partial charge >= 0.3 is 5.97 Å². The summed E-state index contributed by atoms with van der Waals surface area (Å²) >= 11 is 0. The highest BCUT2D eigenvalue weighted by molar-refractivity contribution is 5.92. The molecule has 31 heavy (non-hydrogen) atoms. The third-order valence-corrected chi connectivity index (χ3v) is 6.44. The van der Waals surface area contributed by atoms with E-state index in [0.717, 1.165) is 37.1 Å². The van der Waals surface area contributed by atoms with Crippen LogP contribution in [0.25, 0.3) is 0 Å². The average Bonchev–Trinajstić information content (AvgIpc) is 3.00. The van der Waals surface area contributed by atoms with Gasteiger partial charge in [-0.15, -0.1) is 0 Å². The molecule has 0 unspecified atom stereocenters. The quantitative estimate of drug-likeness (QED) is 0.626. The van der Waals surface area contributed by atoms with Gasteiger partial charge in [-0.2, -0.15) is 0 Å². The summed E-state index contributed by atoms with van der Waals surface area (Å²) < 4.78 is 11.2. The predicted molar refractivity (Wildman–Crippen MR) is 119 cm³/mol. The van der Waals surface area contributed by atoms with Crippen LogP contribution in [0.5, 0.6) is 5.75 Å². The van der Waals surface area contributed by atoms with Crippen molar-refractivity contribution in [2.45, 2.75) is 52.7 Å². The summed E-state index contributed by atoms with van der Waals surface area (Å²) in [7, 11) is 0. The molecule has 2 fully saturated rings. The normalized spacial score (nSPS) is 24.0. The van der Waals surface area contributed by atoms with E-state index in [0.29, 0.717) is 5.56 Å². The van der Waals surface area contributed by atoms with Crippen molar-refractivity contribution in [1.29, 1.82) is 0 Å². The highest BCUT2D eigenvalue weighted by Gasteiger charge is 2.50. The van der Waals surface area contributed by atoms with Crippen molar-refractivity contribution in [2.24, 2.45) is 10.8 Å². The molecule has 1 saturated carbocycles. The molecule has 164 valence electrons. The Balaban J connectivity index is 1.37. The summed E-state index contributed by atoms with van der Waals surface area (Å²) in [6.07, 6.45) is 3.16. The van der Waals surface area contributed by atoms with Crippen LogP contribution in [0.1, 0.15) is 56.0 Å². The van der Waals surface area contributed by atoms with E-state index in [1.54, 1.807) is 12.1 Å². The summed E-state index contributed by atoms with van der Waals surface area (Å²) in [6, 6.07) is 16.9. The third-order valence-electron chi connectivity index (χ3n) is 6.44. The average molecular weight is 422 g/mol. The molecule has 1 saturated heterocycles. The minimum absolute atomic E-state index is 0.0993. The van der Waals surface area contributed by atoms with Gasteiger partial charge in [-0.1, -0.05) is 57.2 Å². The molecule has 5 heteroatoms. The zero-order valence-electron chi connectivity index (χ0n) is 18.6. The first kappa shape index (κ1) is 21.4. The van der Waals surface area contributed by atoms with Crippen LogP contribution >= 0.6 is 0 Å². The Morgan fingerprint density at radius 1 is 1.00 bits per heavy atom. The van der Waals surface area contributed by atoms with E-state index in [-0.39, 0.29) is 36.0 Å². The van der Waals surface area contributed by atoms with E-state index in [1.807, 2.05) is 47.4 Å². The minimum atomic E-state index is -0.491. The van der Waals surface area contributed by atoms with Crippen LogP contribution in [0.15, 0.2) is 54.6 Å². The minimum Gasteiger partial charge on any atom is -0.489 e. The second kappa shape index (κ2) is 8.37. The highest BCUT2D eigenvalue weighted by Crippen LogP contribution is 2.52. The van der Waals surface area contributed by atoms with Gasteiger partial charge in [0.05, 0.1) is 5.56 Å². The van der Waals surface area contributed by atoms with Crippen molar-refractivity contribution in [3.8, 4) is 5.75 Å². The van der Waals surface area contributed by atoms with Crippen molar-refractivity contribution in [3.63, 3.8) is 0 Å². The maximum absolute atomic E-state index is 12.9. The van der Waals surface area contributed by atoms with Gasteiger partial charge in [-0.25, -0.2) is 4.79 Å². The van der Waals surface area contributed by atoms with Gasteiger partial charge in [-0.3, -0.25) is 4.79 Å². The maximum atomic E-state index is 12.9. The largest absolute Gasteiger partial charge is 0.489 e. The van der Waals surface area contributed by atoms with Crippen LogP contribution in [0.4, 0.5) is 0 Å². The van der Waals surface area contributed by atoms with Gasteiger partial charge in [0.25, 0.3) is 5.91 Å². The first-order valence-corrected chi connectivity index (χ1v) is 11.0. The maximum Gasteiger partial charge on any atom is 0.339 e. The van der Waals surface area contributed by atoms with Crippen LogP contribution in [0.3, 0.4) is 0 Å². The Kier molecular flexibility index (Phi) is 5.78. The number of para-hydroxylation sites is 1. The smallest absolute Gasteiger partial charge is 0.339 e. The van der Waals surface area contributed by atoms with Crippen LogP contribution in [-0.4, -0.2) is 36.0 Å². The summed E-state index contributed by atoms with van der Waals surface area (Å²) in [5.41, 5.74) is 1.56. The molecule has 2 aliphatic rings. The molecule has 4 rings (SSSR count). The van der Waals surface area contributed by atoms with E-state index in [4.69, 9.17) is 9.47 Å². The van der Waals surface area contributed by atoms with Crippen LogP contribution in [0, 0.1) is 10.8 Å². The van der Waals surface area contributed by atoms with Crippen molar-refractivity contribution in [1.82, 2.24) is 4.90 Å². The molecule has 0 spiro atoms. The molecule has 2 atom stereocenters. The number of amides is 1. The number of carbonyl (C=O) groups is 2. The molecule has 0 N–H and O–H groups in total. The summed E-state index contributed by atoms with van der Waals surface area (Å²) in [5.74, 6) is 0.143. The van der Waals surface area contributed by atoms with Gasteiger partial charge in [0, 0.05) is 18.2 Å². The van der Waals surface area contributed by atoms with Crippen molar-refractivity contribution in [2.75, 3.05) is 13.2 Å². The lowest BCUT2D eigenvalue weighted by Crippen LogP contribution is -2.39. The Hall–Kier alpha value is -2.82. The third kappa shape index (κ3) is 4.92. The molecule has 2 bridgehead atoms. The number of carbonyl (C=O) groups excluding carboxylic acids is 2. The van der Waals surface area contributed by atoms with E-state index in [9.17, 15) is 9.59 Å². The van der Waals surface area contributed by atoms with E-state index >= 15 is 0 Å². The van der Waals surface area contributed by atoms with Crippen molar-refractivity contribution < 1.29 is 19.1 Å². The summed E-state index contributed by atoms with van der Waals surface area (Å²) in [6.45, 7) is 7.60. The number of hydrogen-bond donors (Lipinski definition) is 0. The fraction of sp³-hybridized carbons (Fsp3) is 0.462. The molecule has 2 aromatic carbocycles. The Morgan fingerprint density at radius 2 is 1.71 bits per heavy atom. The molecular weight excluding hydrogens is 390 g/mol. The highest BCUT2D eigenvalue weighted by atomic mass is 16.5. The molecule has 2 aromatic rings. The van der Waals surface area contributed by atoms with Gasteiger partial charge in [-0.05, 0) is 48.3 Å². The fourth-order valence-electron chi connectivity index (χ4n) is 5.56. The molecule has 1 heterocycles. The van der Waals surface area contributed by atoms with Crippen molar-refractivity contribution >= 4 is 11.9 Å². The molecule has 1 amide bonds. The molecule has 0 aromatic heterocycles. The number of fused-ring (bicyclic) bond motifs is 2. The Bertz CT molecular complexity index is 955. The number of benzene rings is 2. The first-order chi connectivity index (χ1) is 14.7. The predicted octanol–water partition coefficient (Wildman–Crippen LogP) is 4.85. The second-order valence-electron chi connectivity index (χ2n) is 10.1. The van der Waals surface area contributed by atoms with Gasteiger partial charge in [0.1, 0.15) is 12.4 Å². The zero-order chi connectivity index (χ0) is 22.1. The SMILES string of the molecule is CC1(C)C[C@@H]2C[C@@](C)(CN2C(=O)COC(=O)c2ccccc2COc2ccccc2)C1. The molecule has 1 aliphatic heterocycles. The number of hydrogen-bond acceptors (Lipinski definition) is 4. The number of ether oxygens (including phenoxy) is 2. The van der Waals surface area contributed by atoms with Gasteiger partial charge < -0.3 is 14.4 Å². The lowest BCUT2D eigenvalue weighted by Gasteiger charge is -2.39. The van der Waals surface area contributed by atoms with Crippen LogP contribution in [-0.2, 0) is 16.1 Å². The number of rotatable bonds is 6. The first-order valence-electron chi connectivity index (χ1n) is 11.0. The molecule has 5 nitrogen and oxygen atoms in total. The number of nitrogens with zero attached hydrogens (tertiary/aromatic N) is 1. The van der Waals surface area contributed by atoms with E-state index in [2.05, 4.69) is 20.8 Å². The zero-order valence-corrected chi connectivity index (χ0v) is 18.6. The lowest BCUT2D eigenvalue weighted by molar-refractivity contribution is -0.135. The lowest BCUT2D eigenvalue weighted by atomic mass is 9.65. The standard InChI is InChI=1S/C26H31NO4/c1-25(2)13-20-14-26(3,17-25)18-27(20)23(28)16-31-24(29)22-12-8-7-9-19(22)15-30-21-10-5-4-6-11-21/h4-12,20H,13-18H2,1-3H3/t20-,26-/m1/s1. The summed E-state index contributed by atoms with van der Waals surface area (Å²) in [4.78, 5) is 27.6. The van der Waals surface area contributed by atoms with Crippen LogP contribution in [0.2, 0.25) is 0 Å². The topological polar surface area (TPSA) is 55.8 Å². The van der Waals surface area contributed by atoms with Crippen LogP contribution < -0.4 is 4.74 Å². The monoisotopic (exact) mass is 421 g/mol. The number of esters is 1. The Labute approximate surface area is 184 Å². The Morgan fingerprint density at radius 3 is 2.48 bits per heavy atom. The second-order valence-corrected chi connectivity index (χ2v) is 10.1. The van der Waals surface area contributed by atoms with E-state index in [1.165, 1.54) is 0 Å². The van der Waals surface area contributed by atoms with Gasteiger partial charge in [0.2, 0.25) is 0 Å². The number of likely N-dealkylation sites (tertiary alicyclic amines) is 1. The molecule has 0 radical (unpaired) electrons. The van der Waals surface area contributed by atoms with Crippen molar-refractivity contribution in [3.05, 3.63) is 65.7 Å².